The van der Waals surface area contributed by atoms with Crippen LogP contribution >= 0.6 is 31.9 Å². The third-order valence-electron chi connectivity index (χ3n) is 1.68. The molecular weight excluding hydrogens is 330 g/mol. The standard InChI is InChI=1S/C8H11Br2N3O2/c1-2-15-8(14)7-12-5(9)6(10)13(7)4-3-11/h2-4,11H2,1H3. The molecule has 1 rings (SSSR count). The van der Waals surface area contributed by atoms with Gasteiger partial charge in [-0.2, -0.15) is 0 Å². The van der Waals surface area contributed by atoms with Crippen LogP contribution in [0.2, 0.25) is 0 Å². The summed E-state index contributed by atoms with van der Waals surface area (Å²) in [4.78, 5) is 15.6. The Bertz CT molecular complexity index is 365. The molecule has 0 atom stereocenters. The number of rotatable bonds is 4. The molecule has 2 N–H and O–H groups in total. The molecule has 0 radical (unpaired) electrons. The van der Waals surface area contributed by atoms with Gasteiger partial charge in [-0.1, -0.05) is 0 Å². The number of carbonyl (C=O) groups is 1. The minimum atomic E-state index is -0.447. The summed E-state index contributed by atoms with van der Waals surface area (Å²) in [5.74, 6) is -0.196. The maximum atomic E-state index is 11.5. The zero-order valence-electron chi connectivity index (χ0n) is 8.17. The number of aromatic nitrogens is 2. The summed E-state index contributed by atoms with van der Waals surface area (Å²) in [5, 5.41) is 0. The number of esters is 1. The van der Waals surface area contributed by atoms with Gasteiger partial charge >= 0.3 is 5.97 Å². The van der Waals surface area contributed by atoms with Gasteiger partial charge in [0.05, 0.1) is 6.61 Å². The monoisotopic (exact) mass is 339 g/mol. The molecular formula is C8H11Br2N3O2. The van der Waals surface area contributed by atoms with Gasteiger partial charge in [-0.15, -0.1) is 0 Å². The van der Waals surface area contributed by atoms with E-state index in [0.29, 0.717) is 28.9 Å². The lowest BCUT2D eigenvalue weighted by atomic mass is 10.5. The van der Waals surface area contributed by atoms with E-state index >= 15 is 0 Å². The van der Waals surface area contributed by atoms with Crippen LogP contribution in [0.3, 0.4) is 0 Å². The van der Waals surface area contributed by atoms with Gasteiger partial charge in [0.15, 0.2) is 0 Å². The summed E-state index contributed by atoms with van der Waals surface area (Å²) in [6.45, 7) is 3.00. The van der Waals surface area contributed by atoms with Crippen molar-refractivity contribution in [3.05, 3.63) is 15.0 Å². The second-order valence-corrected chi connectivity index (χ2v) is 4.18. The zero-order chi connectivity index (χ0) is 11.4. The number of nitrogens with two attached hydrogens (primary N) is 1. The van der Waals surface area contributed by atoms with E-state index in [0.717, 1.165) is 0 Å². The van der Waals surface area contributed by atoms with Crippen molar-refractivity contribution in [2.75, 3.05) is 13.2 Å². The van der Waals surface area contributed by atoms with Crippen LogP contribution in [0.15, 0.2) is 9.21 Å². The number of nitrogens with zero attached hydrogens (tertiary/aromatic N) is 2. The van der Waals surface area contributed by atoms with Crippen LogP contribution in [0.25, 0.3) is 0 Å². The molecule has 0 aliphatic heterocycles. The van der Waals surface area contributed by atoms with E-state index in [9.17, 15) is 4.79 Å². The van der Waals surface area contributed by atoms with E-state index in [2.05, 4.69) is 36.8 Å². The fourth-order valence-electron chi connectivity index (χ4n) is 1.09. The van der Waals surface area contributed by atoms with E-state index in [1.165, 1.54) is 0 Å². The molecule has 0 aliphatic carbocycles. The second-order valence-electron chi connectivity index (χ2n) is 2.68. The number of hydrogen-bond acceptors (Lipinski definition) is 4. The number of halogens is 2. The van der Waals surface area contributed by atoms with Crippen molar-refractivity contribution < 1.29 is 9.53 Å². The van der Waals surface area contributed by atoms with Crippen LogP contribution in [-0.4, -0.2) is 28.7 Å². The van der Waals surface area contributed by atoms with Gasteiger partial charge in [-0.3, -0.25) is 0 Å². The Morgan fingerprint density at radius 3 is 2.80 bits per heavy atom. The largest absolute Gasteiger partial charge is 0.460 e. The minimum absolute atomic E-state index is 0.251. The topological polar surface area (TPSA) is 70.1 Å². The number of carbonyl (C=O) groups excluding carboxylic acids is 1. The molecule has 0 fully saturated rings. The van der Waals surface area contributed by atoms with Crippen LogP contribution in [0.4, 0.5) is 0 Å². The van der Waals surface area contributed by atoms with Crippen molar-refractivity contribution in [1.82, 2.24) is 9.55 Å². The van der Waals surface area contributed by atoms with Gasteiger partial charge in [0.1, 0.15) is 9.21 Å². The molecule has 0 aromatic carbocycles. The molecule has 1 aromatic heterocycles. The maximum Gasteiger partial charge on any atom is 0.374 e. The molecule has 7 heteroatoms. The molecule has 0 saturated heterocycles. The van der Waals surface area contributed by atoms with Crippen LogP contribution < -0.4 is 5.73 Å². The van der Waals surface area contributed by atoms with E-state index in [-0.39, 0.29) is 5.82 Å². The van der Waals surface area contributed by atoms with Crippen molar-refractivity contribution in [1.29, 1.82) is 0 Å². The summed E-state index contributed by atoms with van der Waals surface area (Å²) in [6, 6.07) is 0. The van der Waals surface area contributed by atoms with Gasteiger partial charge in [0.2, 0.25) is 5.82 Å². The average molecular weight is 341 g/mol. The summed E-state index contributed by atoms with van der Waals surface area (Å²) >= 11 is 6.54. The summed E-state index contributed by atoms with van der Waals surface area (Å²) in [5.41, 5.74) is 5.44. The van der Waals surface area contributed by atoms with Gasteiger partial charge < -0.3 is 15.0 Å². The quantitative estimate of drug-likeness (QED) is 0.844. The summed E-state index contributed by atoms with van der Waals surface area (Å²) in [6.07, 6.45) is 0. The highest BCUT2D eigenvalue weighted by Crippen LogP contribution is 2.24. The Kier molecular flexibility index (Phi) is 4.75. The summed E-state index contributed by atoms with van der Waals surface area (Å²) in [7, 11) is 0. The SMILES string of the molecule is CCOC(=O)c1nc(Br)c(Br)n1CCN. The number of hydrogen-bond donors (Lipinski definition) is 1. The van der Waals surface area contributed by atoms with Crippen molar-refractivity contribution in [3.63, 3.8) is 0 Å². The molecule has 5 nitrogen and oxygen atoms in total. The smallest absolute Gasteiger partial charge is 0.374 e. The van der Waals surface area contributed by atoms with E-state index in [1.807, 2.05) is 0 Å². The first-order chi connectivity index (χ1) is 7.11. The molecule has 15 heavy (non-hydrogen) atoms. The maximum absolute atomic E-state index is 11.5. The third kappa shape index (κ3) is 2.79. The van der Waals surface area contributed by atoms with E-state index in [1.54, 1.807) is 11.5 Å². The highest BCUT2D eigenvalue weighted by Gasteiger charge is 2.19. The summed E-state index contributed by atoms with van der Waals surface area (Å²) < 4.78 is 7.81. The molecule has 0 unspecified atom stereocenters. The van der Waals surface area contributed by atoms with Gasteiger partial charge in [-0.05, 0) is 38.8 Å². The molecule has 0 spiro atoms. The Hall–Kier alpha value is -0.400. The van der Waals surface area contributed by atoms with E-state index in [4.69, 9.17) is 10.5 Å². The molecule has 1 heterocycles. The minimum Gasteiger partial charge on any atom is -0.460 e. The first-order valence-corrected chi connectivity index (χ1v) is 5.99. The Labute approximate surface area is 104 Å². The highest BCUT2D eigenvalue weighted by molar-refractivity contribution is 9.13. The van der Waals surface area contributed by atoms with Crippen molar-refractivity contribution in [2.45, 2.75) is 13.5 Å². The lowest BCUT2D eigenvalue weighted by Crippen LogP contribution is -2.17. The average Bonchev–Trinajstić information content (AvgIpc) is 2.47. The predicted octanol–water partition coefficient (Wildman–Crippen LogP) is 1.54. The molecule has 0 amide bonds. The lowest BCUT2D eigenvalue weighted by Gasteiger charge is -2.06. The Morgan fingerprint density at radius 2 is 2.27 bits per heavy atom. The molecule has 0 aliphatic rings. The fourth-order valence-corrected chi connectivity index (χ4v) is 1.90. The normalized spacial score (nSPS) is 10.4. The van der Waals surface area contributed by atoms with Crippen LogP contribution in [0.1, 0.15) is 17.5 Å². The van der Waals surface area contributed by atoms with Crippen molar-refractivity contribution in [2.24, 2.45) is 5.73 Å². The van der Waals surface area contributed by atoms with Crippen molar-refractivity contribution in [3.8, 4) is 0 Å². The molecule has 1 aromatic rings. The Balaban J connectivity index is 3.05. The second kappa shape index (κ2) is 5.62. The third-order valence-corrected chi connectivity index (χ3v) is 3.57. The number of ether oxygens (including phenoxy) is 1. The van der Waals surface area contributed by atoms with Gasteiger partial charge in [0, 0.05) is 13.1 Å². The first kappa shape index (κ1) is 12.7. The molecule has 84 valence electrons. The van der Waals surface area contributed by atoms with Crippen LogP contribution in [0, 0.1) is 0 Å². The molecule has 0 bridgehead atoms. The highest BCUT2D eigenvalue weighted by atomic mass is 79.9. The van der Waals surface area contributed by atoms with Gasteiger partial charge in [-0.25, -0.2) is 9.78 Å². The van der Waals surface area contributed by atoms with Crippen LogP contribution in [-0.2, 0) is 11.3 Å². The van der Waals surface area contributed by atoms with Crippen LogP contribution in [0.5, 0.6) is 0 Å². The fraction of sp³-hybridized carbons (Fsp3) is 0.500. The lowest BCUT2D eigenvalue weighted by molar-refractivity contribution is 0.0506. The number of imidazole rings is 1. The first-order valence-electron chi connectivity index (χ1n) is 4.40. The zero-order valence-corrected chi connectivity index (χ0v) is 11.3. The van der Waals surface area contributed by atoms with Gasteiger partial charge in [0.25, 0.3) is 0 Å². The molecule has 0 saturated carbocycles. The van der Waals surface area contributed by atoms with Crippen molar-refractivity contribution >= 4 is 37.8 Å². The Morgan fingerprint density at radius 1 is 1.60 bits per heavy atom. The predicted molar refractivity (Wildman–Crippen MR) is 62.6 cm³/mol. The van der Waals surface area contributed by atoms with E-state index < -0.39 is 5.97 Å².